The number of aliphatic hydroxyl groups excluding tert-OH is 2. The molecule has 4 nitrogen and oxygen atoms in total. The molecule has 0 aliphatic carbocycles. The Labute approximate surface area is 111 Å². The molecular weight excluding hydrogens is 252 g/mol. The van der Waals surface area contributed by atoms with Gasteiger partial charge in [-0.2, -0.15) is 0 Å². The number of thioether (sulfide) groups is 1. The SMILES string of the molecule is CCOc1ccccc1C(O)C(O)CSC(C)=O. The zero-order chi connectivity index (χ0) is 13.5. The average Bonchev–Trinajstić information content (AvgIpc) is 2.36. The summed E-state index contributed by atoms with van der Waals surface area (Å²) in [6.07, 6.45) is -2.06. The van der Waals surface area contributed by atoms with Crippen molar-refractivity contribution < 1.29 is 19.7 Å². The molecule has 0 radical (unpaired) electrons. The second kappa shape index (κ2) is 7.41. The van der Waals surface area contributed by atoms with Gasteiger partial charge in [0.15, 0.2) is 5.12 Å². The molecule has 2 atom stereocenters. The van der Waals surface area contributed by atoms with Gasteiger partial charge in [0.05, 0.1) is 12.7 Å². The minimum Gasteiger partial charge on any atom is -0.493 e. The number of para-hydroxylation sites is 1. The smallest absolute Gasteiger partial charge is 0.185 e. The first kappa shape index (κ1) is 15.0. The number of carbonyl (C=O) groups excluding carboxylic acids is 1. The van der Waals surface area contributed by atoms with Crippen LogP contribution in [0.4, 0.5) is 0 Å². The summed E-state index contributed by atoms with van der Waals surface area (Å²) in [6, 6.07) is 7.02. The molecule has 0 aromatic heterocycles. The quantitative estimate of drug-likeness (QED) is 0.824. The summed E-state index contributed by atoms with van der Waals surface area (Å²) in [4.78, 5) is 10.8. The highest BCUT2D eigenvalue weighted by atomic mass is 32.2. The van der Waals surface area contributed by atoms with Crippen molar-refractivity contribution >= 4 is 16.9 Å². The van der Waals surface area contributed by atoms with Crippen LogP contribution in [0.15, 0.2) is 24.3 Å². The third-order valence-corrected chi connectivity index (χ3v) is 3.27. The first-order chi connectivity index (χ1) is 8.56. The van der Waals surface area contributed by atoms with Crippen LogP contribution in [0.2, 0.25) is 0 Å². The fourth-order valence-electron chi connectivity index (χ4n) is 1.51. The molecule has 0 saturated heterocycles. The molecule has 1 aromatic carbocycles. The summed E-state index contributed by atoms with van der Waals surface area (Å²) in [5.74, 6) is 0.719. The molecule has 5 heteroatoms. The van der Waals surface area contributed by atoms with Gasteiger partial charge in [-0.1, -0.05) is 30.0 Å². The van der Waals surface area contributed by atoms with Gasteiger partial charge in [0.25, 0.3) is 0 Å². The lowest BCUT2D eigenvalue weighted by atomic mass is 10.0. The third-order valence-electron chi connectivity index (χ3n) is 2.36. The summed E-state index contributed by atoms with van der Waals surface area (Å²) in [5, 5.41) is 19.8. The van der Waals surface area contributed by atoms with Crippen molar-refractivity contribution in [2.75, 3.05) is 12.4 Å². The van der Waals surface area contributed by atoms with Crippen LogP contribution in [-0.2, 0) is 4.79 Å². The van der Waals surface area contributed by atoms with Crippen molar-refractivity contribution in [2.45, 2.75) is 26.1 Å². The predicted octanol–water partition coefficient (Wildman–Crippen LogP) is 1.76. The maximum Gasteiger partial charge on any atom is 0.185 e. The van der Waals surface area contributed by atoms with E-state index in [9.17, 15) is 15.0 Å². The normalized spacial score (nSPS) is 14.0. The van der Waals surface area contributed by atoms with E-state index in [1.807, 2.05) is 6.92 Å². The summed E-state index contributed by atoms with van der Waals surface area (Å²) in [7, 11) is 0. The molecule has 0 saturated carbocycles. The van der Waals surface area contributed by atoms with Crippen LogP contribution in [0.1, 0.15) is 25.5 Å². The number of carbonyl (C=O) groups is 1. The van der Waals surface area contributed by atoms with Crippen molar-refractivity contribution in [2.24, 2.45) is 0 Å². The molecule has 0 amide bonds. The molecule has 0 heterocycles. The van der Waals surface area contributed by atoms with E-state index in [0.29, 0.717) is 17.9 Å². The van der Waals surface area contributed by atoms with Crippen molar-refractivity contribution in [1.29, 1.82) is 0 Å². The van der Waals surface area contributed by atoms with Gasteiger partial charge < -0.3 is 14.9 Å². The molecule has 0 aliphatic rings. The average molecular weight is 270 g/mol. The molecule has 2 unspecified atom stereocenters. The summed E-state index contributed by atoms with van der Waals surface area (Å²) < 4.78 is 5.39. The molecule has 0 aliphatic heterocycles. The lowest BCUT2D eigenvalue weighted by Gasteiger charge is -2.20. The lowest BCUT2D eigenvalue weighted by Crippen LogP contribution is -2.22. The van der Waals surface area contributed by atoms with Crippen molar-refractivity contribution in [3.8, 4) is 5.75 Å². The van der Waals surface area contributed by atoms with E-state index in [1.165, 1.54) is 6.92 Å². The lowest BCUT2D eigenvalue weighted by molar-refractivity contribution is -0.109. The molecular formula is C13H18O4S. The topological polar surface area (TPSA) is 66.8 Å². The van der Waals surface area contributed by atoms with E-state index in [-0.39, 0.29) is 10.9 Å². The highest BCUT2D eigenvalue weighted by Gasteiger charge is 2.22. The second-order valence-electron chi connectivity index (χ2n) is 3.79. The van der Waals surface area contributed by atoms with Gasteiger partial charge in [-0.15, -0.1) is 0 Å². The van der Waals surface area contributed by atoms with Crippen LogP contribution >= 0.6 is 11.8 Å². The van der Waals surface area contributed by atoms with E-state index in [0.717, 1.165) is 11.8 Å². The van der Waals surface area contributed by atoms with E-state index in [4.69, 9.17) is 4.74 Å². The molecule has 0 fully saturated rings. The number of ether oxygens (including phenoxy) is 1. The van der Waals surface area contributed by atoms with Gasteiger partial charge in [-0.3, -0.25) is 4.79 Å². The zero-order valence-electron chi connectivity index (χ0n) is 10.5. The Morgan fingerprint density at radius 1 is 1.39 bits per heavy atom. The Kier molecular flexibility index (Phi) is 6.18. The summed E-state index contributed by atoms with van der Waals surface area (Å²) >= 11 is 0.992. The van der Waals surface area contributed by atoms with Crippen LogP contribution in [0.5, 0.6) is 5.75 Å². The van der Waals surface area contributed by atoms with Crippen LogP contribution in [0.3, 0.4) is 0 Å². The van der Waals surface area contributed by atoms with Gasteiger partial charge in [0.1, 0.15) is 11.9 Å². The van der Waals surface area contributed by atoms with Crippen molar-refractivity contribution in [1.82, 2.24) is 0 Å². The van der Waals surface area contributed by atoms with E-state index in [1.54, 1.807) is 24.3 Å². The number of benzene rings is 1. The van der Waals surface area contributed by atoms with E-state index < -0.39 is 12.2 Å². The highest BCUT2D eigenvalue weighted by Crippen LogP contribution is 2.28. The fourth-order valence-corrected chi connectivity index (χ4v) is 2.10. The predicted molar refractivity (Wildman–Crippen MR) is 71.7 cm³/mol. The molecule has 1 rings (SSSR count). The van der Waals surface area contributed by atoms with E-state index in [2.05, 4.69) is 0 Å². The Balaban J connectivity index is 2.75. The Morgan fingerprint density at radius 2 is 2.06 bits per heavy atom. The Morgan fingerprint density at radius 3 is 2.67 bits per heavy atom. The number of hydrogen-bond acceptors (Lipinski definition) is 5. The third kappa shape index (κ3) is 4.33. The van der Waals surface area contributed by atoms with Crippen LogP contribution in [0, 0.1) is 0 Å². The largest absolute Gasteiger partial charge is 0.493 e. The van der Waals surface area contributed by atoms with Gasteiger partial charge in [0, 0.05) is 18.2 Å². The van der Waals surface area contributed by atoms with Crippen LogP contribution < -0.4 is 4.74 Å². The second-order valence-corrected chi connectivity index (χ2v) is 4.98. The van der Waals surface area contributed by atoms with Gasteiger partial charge in [0.2, 0.25) is 0 Å². The molecule has 0 spiro atoms. The standard InChI is InChI=1S/C13H18O4S/c1-3-17-12-7-5-4-6-10(12)13(16)11(15)8-18-9(2)14/h4-7,11,13,15-16H,3,8H2,1-2H3. The monoisotopic (exact) mass is 270 g/mol. The Bertz CT molecular complexity index is 394. The molecule has 100 valence electrons. The number of aliphatic hydroxyl groups is 2. The zero-order valence-corrected chi connectivity index (χ0v) is 11.3. The van der Waals surface area contributed by atoms with Crippen molar-refractivity contribution in [3.63, 3.8) is 0 Å². The van der Waals surface area contributed by atoms with E-state index >= 15 is 0 Å². The van der Waals surface area contributed by atoms with Gasteiger partial charge in [-0.25, -0.2) is 0 Å². The van der Waals surface area contributed by atoms with Gasteiger partial charge >= 0.3 is 0 Å². The number of rotatable bonds is 6. The summed E-state index contributed by atoms with van der Waals surface area (Å²) in [5.41, 5.74) is 0.538. The first-order valence-corrected chi connectivity index (χ1v) is 6.76. The molecule has 18 heavy (non-hydrogen) atoms. The maximum atomic E-state index is 10.8. The minimum atomic E-state index is -1.06. The van der Waals surface area contributed by atoms with Crippen LogP contribution in [-0.4, -0.2) is 33.8 Å². The summed E-state index contributed by atoms with van der Waals surface area (Å²) in [6.45, 7) is 3.77. The fraction of sp³-hybridized carbons (Fsp3) is 0.462. The first-order valence-electron chi connectivity index (χ1n) is 5.77. The number of hydrogen-bond donors (Lipinski definition) is 2. The Hall–Kier alpha value is -1.04. The van der Waals surface area contributed by atoms with Crippen molar-refractivity contribution in [3.05, 3.63) is 29.8 Å². The maximum absolute atomic E-state index is 10.8. The highest BCUT2D eigenvalue weighted by molar-refractivity contribution is 8.13. The molecule has 1 aromatic rings. The van der Waals surface area contributed by atoms with Gasteiger partial charge in [-0.05, 0) is 13.0 Å². The molecule has 0 bridgehead atoms. The molecule has 2 N–H and O–H groups in total. The minimum absolute atomic E-state index is 0.0839. The van der Waals surface area contributed by atoms with Crippen LogP contribution in [0.25, 0.3) is 0 Å².